The van der Waals surface area contributed by atoms with E-state index in [-0.39, 0.29) is 41.1 Å². The van der Waals surface area contributed by atoms with Crippen LogP contribution in [0.25, 0.3) is 22.2 Å². The number of carbonyl (C=O) groups excluding carboxylic acids is 1. The Balaban J connectivity index is 1.76. The molecule has 6 nitrogen and oxygen atoms in total. The molecule has 33 heavy (non-hydrogen) atoms. The number of hydrogen-bond donors (Lipinski definition) is 1. The number of fused-ring (bicyclic) bond motifs is 1. The van der Waals surface area contributed by atoms with E-state index in [0.717, 1.165) is 6.07 Å². The van der Waals surface area contributed by atoms with Gasteiger partial charge >= 0.3 is 6.18 Å². The fraction of sp³-hybridized carbons (Fsp3) is 0.208. The zero-order chi connectivity index (χ0) is 23.8. The summed E-state index contributed by atoms with van der Waals surface area (Å²) in [7, 11) is 0. The zero-order valence-electron chi connectivity index (χ0n) is 17.9. The van der Waals surface area contributed by atoms with E-state index in [1.54, 1.807) is 41.1 Å². The van der Waals surface area contributed by atoms with Gasteiger partial charge in [-0.3, -0.25) is 4.79 Å². The summed E-state index contributed by atoms with van der Waals surface area (Å²) in [6.45, 7) is 3.41. The molecule has 0 unspecified atom stereocenters. The summed E-state index contributed by atoms with van der Waals surface area (Å²) in [4.78, 5) is 20.4. The molecule has 0 radical (unpaired) electrons. The lowest BCUT2D eigenvalue weighted by atomic mass is 9.99. The number of nitrogens with two attached hydrogens (primary N) is 1. The predicted octanol–water partition coefficient (Wildman–Crippen LogP) is 5.54. The van der Waals surface area contributed by atoms with Crippen molar-refractivity contribution in [3.8, 4) is 16.9 Å². The molecule has 4 aromatic rings. The average molecular weight is 454 g/mol. The van der Waals surface area contributed by atoms with Crippen LogP contribution in [0.4, 0.5) is 19.0 Å². The van der Waals surface area contributed by atoms with E-state index >= 15 is 0 Å². The van der Waals surface area contributed by atoms with Crippen LogP contribution in [0.5, 0.6) is 5.75 Å². The Kier molecular flexibility index (Phi) is 5.80. The van der Waals surface area contributed by atoms with Gasteiger partial charge in [-0.1, -0.05) is 36.4 Å². The molecular formula is C24H21F3N4O2. The molecule has 0 aliphatic carbocycles. The van der Waals surface area contributed by atoms with Gasteiger partial charge < -0.3 is 15.0 Å². The first-order valence-corrected chi connectivity index (χ1v) is 10.2. The van der Waals surface area contributed by atoms with Crippen LogP contribution in [0, 0.1) is 0 Å². The first-order chi connectivity index (χ1) is 15.7. The Labute approximate surface area is 187 Å². The van der Waals surface area contributed by atoms with Crippen molar-refractivity contribution >= 4 is 22.6 Å². The van der Waals surface area contributed by atoms with E-state index < -0.39 is 11.7 Å². The molecule has 0 bridgehead atoms. The van der Waals surface area contributed by atoms with E-state index in [1.807, 2.05) is 13.8 Å². The largest absolute Gasteiger partial charge is 0.485 e. The minimum Gasteiger partial charge on any atom is -0.485 e. The van der Waals surface area contributed by atoms with Crippen molar-refractivity contribution in [1.29, 1.82) is 0 Å². The number of carbonyl (C=O) groups is 1. The van der Waals surface area contributed by atoms with Crippen LogP contribution in [0.15, 0.2) is 61.1 Å². The summed E-state index contributed by atoms with van der Waals surface area (Å²) in [5.41, 5.74) is 6.19. The standard InChI is InChI=1S/C24H21F3N4O2/c1-14(2)31-11-18(21-22(28)29-13-30-23(21)31)17-9-8-16(10-19(17)24(25,26)27)33-12-20(32)15-6-4-3-5-7-15/h3-11,13-14H,12H2,1-2H3,(H2,28,29,30). The van der Waals surface area contributed by atoms with E-state index in [4.69, 9.17) is 10.5 Å². The Morgan fingerprint density at radius 2 is 1.82 bits per heavy atom. The quantitative estimate of drug-likeness (QED) is 0.387. The highest BCUT2D eigenvalue weighted by molar-refractivity contribution is 6.01. The molecule has 0 saturated heterocycles. The summed E-state index contributed by atoms with van der Waals surface area (Å²) in [5.74, 6) is -0.304. The van der Waals surface area contributed by atoms with Crippen LogP contribution >= 0.6 is 0 Å². The number of ketones is 1. The van der Waals surface area contributed by atoms with Crippen LogP contribution in [0.2, 0.25) is 0 Å². The Morgan fingerprint density at radius 3 is 2.48 bits per heavy atom. The lowest BCUT2D eigenvalue weighted by Crippen LogP contribution is -2.13. The smallest absolute Gasteiger partial charge is 0.417 e. The Hall–Kier alpha value is -3.88. The molecular weight excluding hydrogens is 433 g/mol. The van der Waals surface area contributed by atoms with Crippen LogP contribution in [0.3, 0.4) is 0 Å². The maximum absolute atomic E-state index is 14.1. The number of hydrogen-bond acceptors (Lipinski definition) is 5. The maximum atomic E-state index is 14.1. The Bertz CT molecular complexity index is 1310. The lowest BCUT2D eigenvalue weighted by molar-refractivity contribution is -0.137. The third kappa shape index (κ3) is 4.39. The van der Waals surface area contributed by atoms with Gasteiger partial charge in [-0.2, -0.15) is 13.2 Å². The van der Waals surface area contributed by atoms with Crippen molar-refractivity contribution in [2.45, 2.75) is 26.1 Å². The molecule has 2 heterocycles. The molecule has 0 aliphatic heterocycles. The maximum Gasteiger partial charge on any atom is 0.417 e. The van der Waals surface area contributed by atoms with Gasteiger partial charge in [0.05, 0.1) is 10.9 Å². The van der Waals surface area contributed by atoms with E-state index in [2.05, 4.69) is 9.97 Å². The van der Waals surface area contributed by atoms with Gasteiger partial charge in [0, 0.05) is 23.4 Å². The fourth-order valence-electron chi connectivity index (χ4n) is 3.65. The van der Waals surface area contributed by atoms with Gasteiger partial charge in [0.15, 0.2) is 12.4 Å². The van der Waals surface area contributed by atoms with Crippen molar-refractivity contribution in [2.75, 3.05) is 12.3 Å². The van der Waals surface area contributed by atoms with Crippen LogP contribution in [-0.2, 0) is 6.18 Å². The van der Waals surface area contributed by atoms with Gasteiger partial charge in [-0.05, 0) is 31.5 Å². The van der Waals surface area contributed by atoms with E-state index in [9.17, 15) is 18.0 Å². The highest BCUT2D eigenvalue weighted by atomic mass is 19.4. The number of alkyl halides is 3. The number of anilines is 1. The fourth-order valence-corrected chi connectivity index (χ4v) is 3.65. The number of halogens is 3. The van der Waals surface area contributed by atoms with Gasteiger partial charge in [0.1, 0.15) is 23.5 Å². The van der Waals surface area contributed by atoms with Crippen molar-refractivity contribution in [1.82, 2.24) is 14.5 Å². The average Bonchev–Trinajstić information content (AvgIpc) is 3.18. The minimum atomic E-state index is -4.67. The Morgan fingerprint density at radius 1 is 1.09 bits per heavy atom. The second-order valence-corrected chi connectivity index (χ2v) is 7.78. The number of benzene rings is 2. The predicted molar refractivity (Wildman–Crippen MR) is 119 cm³/mol. The normalized spacial score (nSPS) is 11.8. The van der Waals surface area contributed by atoms with Crippen LogP contribution in [-0.4, -0.2) is 26.9 Å². The van der Waals surface area contributed by atoms with Crippen molar-refractivity contribution in [3.05, 3.63) is 72.2 Å². The SMILES string of the molecule is CC(C)n1cc(-c2ccc(OCC(=O)c3ccccc3)cc2C(F)(F)F)c2c(N)ncnc21. The van der Waals surface area contributed by atoms with E-state index in [0.29, 0.717) is 16.6 Å². The van der Waals surface area contributed by atoms with E-state index in [1.165, 1.54) is 18.5 Å². The van der Waals surface area contributed by atoms with Gasteiger partial charge in [0.2, 0.25) is 0 Å². The molecule has 0 amide bonds. The molecule has 9 heteroatoms. The highest BCUT2D eigenvalue weighted by Crippen LogP contribution is 2.43. The molecule has 0 fully saturated rings. The van der Waals surface area contributed by atoms with Gasteiger partial charge in [-0.15, -0.1) is 0 Å². The van der Waals surface area contributed by atoms with Crippen molar-refractivity contribution in [3.63, 3.8) is 0 Å². The second-order valence-electron chi connectivity index (χ2n) is 7.78. The molecule has 2 aromatic heterocycles. The number of nitrogens with zero attached hydrogens (tertiary/aromatic N) is 3. The molecule has 2 N–H and O–H groups in total. The monoisotopic (exact) mass is 454 g/mol. The molecule has 0 saturated carbocycles. The summed E-state index contributed by atoms with van der Waals surface area (Å²) >= 11 is 0. The molecule has 170 valence electrons. The summed E-state index contributed by atoms with van der Waals surface area (Å²) in [6, 6.07) is 12.0. The van der Waals surface area contributed by atoms with Crippen molar-refractivity contribution in [2.24, 2.45) is 0 Å². The van der Waals surface area contributed by atoms with Crippen LogP contribution in [0.1, 0.15) is 35.8 Å². The molecule has 0 spiro atoms. The van der Waals surface area contributed by atoms with Gasteiger partial charge in [0.25, 0.3) is 0 Å². The summed E-state index contributed by atoms with van der Waals surface area (Å²) in [5, 5.41) is 0.352. The number of ether oxygens (including phenoxy) is 1. The van der Waals surface area contributed by atoms with Gasteiger partial charge in [-0.25, -0.2) is 9.97 Å². The first kappa shape index (κ1) is 22.3. The molecule has 2 aromatic carbocycles. The number of nitrogen functional groups attached to an aromatic ring is 1. The molecule has 4 rings (SSSR count). The number of Topliss-reactive ketones (excluding diaryl/α,β-unsaturated/α-hetero) is 1. The number of aromatic nitrogens is 3. The summed E-state index contributed by atoms with van der Waals surface area (Å²) in [6.07, 6.45) is -1.79. The van der Waals surface area contributed by atoms with Crippen LogP contribution < -0.4 is 10.5 Å². The second kappa shape index (κ2) is 8.57. The third-order valence-corrected chi connectivity index (χ3v) is 5.25. The highest BCUT2D eigenvalue weighted by Gasteiger charge is 2.35. The lowest BCUT2D eigenvalue weighted by Gasteiger charge is -2.15. The van der Waals surface area contributed by atoms with Crippen molar-refractivity contribution < 1.29 is 22.7 Å². The zero-order valence-corrected chi connectivity index (χ0v) is 17.9. The molecule has 0 aliphatic rings. The first-order valence-electron chi connectivity index (χ1n) is 10.2. The number of rotatable bonds is 6. The topological polar surface area (TPSA) is 83.0 Å². The summed E-state index contributed by atoms with van der Waals surface area (Å²) < 4.78 is 49.3. The molecule has 0 atom stereocenters. The minimum absolute atomic E-state index is 0.0588. The third-order valence-electron chi connectivity index (χ3n) is 5.25.